The van der Waals surface area contributed by atoms with Crippen molar-refractivity contribution in [2.75, 3.05) is 0 Å². The second kappa shape index (κ2) is 11.7. The molecule has 0 saturated carbocycles. The summed E-state index contributed by atoms with van der Waals surface area (Å²) in [5, 5.41) is 4.19. The Morgan fingerprint density at radius 3 is 2.19 bits per heavy atom. The third-order valence-corrected chi connectivity index (χ3v) is 7.28. The average Bonchev–Trinajstić information content (AvgIpc) is 3.37. The zero-order valence-corrected chi connectivity index (χ0v) is 20.8. The van der Waals surface area contributed by atoms with Gasteiger partial charge in [-0.2, -0.15) is 5.10 Å². The summed E-state index contributed by atoms with van der Waals surface area (Å²) in [6, 6.07) is 27.7. The maximum atomic E-state index is 12.6. The number of rotatable bonds is 9. The molecule has 0 aliphatic heterocycles. The molecule has 1 heterocycles. The first-order valence-electron chi connectivity index (χ1n) is 12.2. The zero-order valence-electron chi connectivity index (χ0n) is 20.0. The largest absolute Gasteiger partial charge is 0.485 e. The van der Waals surface area contributed by atoms with Crippen molar-refractivity contribution in [3.63, 3.8) is 0 Å². The number of hydrogen-bond donors (Lipinski definition) is 1. The van der Waals surface area contributed by atoms with Crippen LogP contribution in [0.25, 0.3) is 0 Å². The summed E-state index contributed by atoms with van der Waals surface area (Å²) < 4.78 is 12.2. The van der Waals surface area contributed by atoms with Crippen LogP contribution in [-0.4, -0.2) is 12.1 Å². The summed E-state index contributed by atoms with van der Waals surface area (Å²) in [6.07, 6.45) is 6.16. The molecule has 0 saturated heterocycles. The van der Waals surface area contributed by atoms with E-state index < -0.39 is 0 Å². The van der Waals surface area contributed by atoms with Gasteiger partial charge in [-0.25, -0.2) is 5.43 Å². The van der Waals surface area contributed by atoms with Crippen molar-refractivity contribution >= 4 is 23.5 Å². The zero-order chi connectivity index (χ0) is 24.6. The number of nitrogens with zero attached hydrogens (tertiary/aromatic N) is 1. The van der Waals surface area contributed by atoms with Gasteiger partial charge in [-0.05, 0) is 72.2 Å². The first kappa shape index (κ1) is 23.8. The Hall–Kier alpha value is -3.90. The van der Waals surface area contributed by atoms with Gasteiger partial charge >= 0.3 is 0 Å². The van der Waals surface area contributed by atoms with Crippen LogP contribution in [-0.2, 0) is 26.1 Å². The van der Waals surface area contributed by atoms with Crippen molar-refractivity contribution in [1.29, 1.82) is 0 Å². The number of ether oxygens (including phenoxy) is 2. The van der Waals surface area contributed by atoms with Gasteiger partial charge < -0.3 is 9.47 Å². The number of hydrazone groups is 1. The molecular formula is C30H28N2O3S. The van der Waals surface area contributed by atoms with E-state index in [1.54, 1.807) is 17.6 Å². The fraction of sp³-hybridized carbons (Fsp3) is 0.200. The van der Waals surface area contributed by atoms with Crippen LogP contribution >= 0.6 is 11.3 Å². The first-order valence-corrected chi connectivity index (χ1v) is 13.0. The Labute approximate surface area is 215 Å². The van der Waals surface area contributed by atoms with E-state index in [1.165, 1.54) is 23.3 Å². The standard InChI is InChI=1S/C30H28N2O3S/c33-30(29-18-25-13-7-8-14-28(25)36-29)32-31-19-24-15-16-26(34-20-22-9-3-1-4-10-22)27(17-24)35-21-23-11-5-2-6-12-23/h1-6,9-12,15-19H,7-8,13-14,20-21H2,(H,32,33). The number of nitrogens with one attached hydrogen (secondary N) is 1. The molecule has 0 radical (unpaired) electrons. The normalized spacial score (nSPS) is 12.8. The number of carbonyl (C=O) groups excluding carboxylic acids is 1. The van der Waals surface area contributed by atoms with Crippen molar-refractivity contribution in [1.82, 2.24) is 5.43 Å². The minimum Gasteiger partial charge on any atom is -0.485 e. The second-order valence-corrected chi connectivity index (χ2v) is 9.86. The van der Waals surface area contributed by atoms with Gasteiger partial charge in [0, 0.05) is 4.88 Å². The smallest absolute Gasteiger partial charge is 0.281 e. The molecule has 0 spiro atoms. The highest BCUT2D eigenvalue weighted by atomic mass is 32.1. The van der Waals surface area contributed by atoms with Gasteiger partial charge in [0.05, 0.1) is 11.1 Å². The molecule has 182 valence electrons. The van der Waals surface area contributed by atoms with Crippen LogP contribution in [0.1, 0.15) is 49.6 Å². The van der Waals surface area contributed by atoms with Crippen LogP contribution in [0.3, 0.4) is 0 Å². The van der Waals surface area contributed by atoms with E-state index in [0.29, 0.717) is 24.7 Å². The lowest BCUT2D eigenvalue weighted by atomic mass is 9.99. The van der Waals surface area contributed by atoms with Gasteiger partial charge in [0.15, 0.2) is 11.5 Å². The van der Waals surface area contributed by atoms with Crippen molar-refractivity contribution in [3.8, 4) is 11.5 Å². The van der Waals surface area contributed by atoms with E-state index in [2.05, 4.69) is 10.5 Å². The number of benzene rings is 3. The minimum absolute atomic E-state index is 0.172. The van der Waals surface area contributed by atoms with Gasteiger partial charge in [-0.1, -0.05) is 60.7 Å². The molecule has 36 heavy (non-hydrogen) atoms. The number of hydrogen-bond acceptors (Lipinski definition) is 5. The van der Waals surface area contributed by atoms with Crippen molar-refractivity contribution in [2.24, 2.45) is 5.10 Å². The summed E-state index contributed by atoms with van der Waals surface area (Å²) >= 11 is 1.58. The van der Waals surface area contributed by atoms with E-state index in [9.17, 15) is 4.79 Å². The number of aryl methyl sites for hydroxylation is 2. The summed E-state index contributed by atoms with van der Waals surface area (Å²) in [5.74, 6) is 1.10. The first-order chi connectivity index (χ1) is 17.7. The molecule has 0 unspecified atom stereocenters. The van der Waals surface area contributed by atoms with Crippen molar-refractivity contribution in [2.45, 2.75) is 38.9 Å². The van der Waals surface area contributed by atoms with E-state index >= 15 is 0 Å². The van der Waals surface area contributed by atoms with Crippen LogP contribution in [0, 0.1) is 0 Å². The molecule has 5 rings (SSSR count). The quantitative estimate of drug-likeness (QED) is 0.211. The van der Waals surface area contributed by atoms with E-state index in [1.807, 2.05) is 84.9 Å². The van der Waals surface area contributed by atoms with Crippen molar-refractivity contribution < 1.29 is 14.3 Å². The third kappa shape index (κ3) is 6.20. The van der Waals surface area contributed by atoms with Crippen LogP contribution in [0.5, 0.6) is 11.5 Å². The van der Waals surface area contributed by atoms with Crippen LogP contribution in [0.2, 0.25) is 0 Å². The average molecular weight is 497 g/mol. The summed E-state index contributed by atoms with van der Waals surface area (Å²) in [5.41, 5.74) is 6.92. The lowest BCUT2D eigenvalue weighted by molar-refractivity contribution is 0.0959. The predicted octanol–water partition coefficient (Wildman–Crippen LogP) is 6.55. The third-order valence-electron chi connectivity index (χ3n) is 6.04. The topological polar surface area (TPSA) is 59.9 Å². The van der Waals surface area contributed by atoms with Crippen molar-refractivity contribution in [3.05, 3.63) is 117 Å². The van der Waals surface area contributed by atoms with E-state index in [-0.39, 0.29) is 5.91 Å². The molecule has 1 aliphatic carbocycles. The lowest BCUT2D eigenvalue weighted by Crippen LogP contribution is -2.16. The Kier molecular flexibility index (Phi) is 7.73. The molecular weight excluding hydrogens is 468 g/mol. The fourth-order valence-electron chi connectivity index (χ4n) is 4.13. The molecule has 1 N–H and O–H groups in total. The summed E-state index contributed by atoms with van der Waals surface area (Å²) in [7, 11) is 0. The van der Waals surface area contributed by atoms with Gasteiger partial charge in [0.2, 0.25) is 0 Å². The van der Waals surface area contributed by atoms with Gasteiger partial charge in [-0.15, -0.1) is 11.3 Å². The molecule has 5 nitrogen and oxygen atoms in total. The maximum Gasteiger partial charge on any atom is 0.281 e. The van der Waals surface area contributed by atoms with E-state index in [4.69, 9.17) is 9.47 Å². The maximum absolute atomic E-state index is 12.6. The molecule has 1 amide bonds. The SMILES string of the molecule is O=C(NN=Cc1ccc(OCc2ccccc2)c(OCc2ccccc2)c1)c1cc2c(s1)CCCC2. The lowest BCUT2D eigenvalue weighted by Gasteiger charge is -2.14. The van der Waals surface area contributed by atoms with Crippen LogP contribution in [0.4, 0.5) is 0 Å². The highest BCUT2D eigenvalue weighted by Crippen LogP contribution is 2.31. The highest BCUT2D eigenvalue weighted by molar-refractivity contribution is 7.14. The van der Waals surface area contributed by atoms with Crippen LogP contribution < -0.4 is 14.9 Å². The Morgan fingerprint density at radius 2 is 1.50 bits per heavy atom. The Bertz CT molecular complexity index is 1310. The number of amides is 1. The second-order valence-electron chi connectivity index (χ2n) is 8.72. The van der Waals surface area contributed by atoms with Gasteiger partial charge in [0.1, 0.15) is 13.2 Å². The number of fused-ring (bicyclic) bond motifs is 1. The number of carbonyl (C=O) groups is 1. The van der Waals surface area contributed by atoms with Gasteiger partial charge in [-0.3, -0.25) is 4.79 Å². The van der Waals surface area contributed by atoms with Gasteiger partial charge in [0.25, 0.3) is 5.91 Å². The van der Waals surface area contributed by atoms with E-state index in [0.717, 1.165) is 34.4 Å². The molecule has 3 aromatic carbocycles. The molecule has 1 aromatic heterocycles. The Morgan fingerprint density at radius 1 is 0.833 bits per heavy atom. The summed E-state index contributed by atoms with van der Waals surface area (Å²) in [6.45, 7) is 0.861. The molecule has 0 fully saturated rings. The predicted molar refractivity (Wildman–Crippen MR) is 144 cm³/mol. The summed E-state index contributed by atoms with van der Waals surface area (Å²) in [4.78, 5) is 14.6. The Balaban J connectivity index is 1.27. The fourth-order valence-corrected chi connectivity index (χ4v) is 5.27. The molecule has 0 bridgehead atoms. The van der Waals surface area contributed by atoms with Crippen LogP contribution in [0.15, 0.2) is 90.0 Å². The molecule has 6 heteroatoms. The molecule has 1 aliphatic rings. The monoisotopic (exact) mass is 496 g/mol. The number of thiophene rings is 1. The molecule has 0 atom stereocenters. The molecule has 4 aromatic rings. The minimum atomic E-state index is -0.172. The highest BCUT2D eigenvalue weighted by Gasteiger charge is 2.17.